The summed E-state index contributed by atoms with van der Waals surface area (Å²) in [5.41, 5.74) is 4.74. The van der Waals surface area contributed by atoms with E-state index >= 15 is 0 Å². The van der Waals surface area contributed by atoms with Gasteiger partial charge in [-0.3, -0.25) is 19.8 Å². The first-order valence-electron chi connectivity index (χ1n) is 21.2. The molecule has 1 aliphatic heterocycles. The highest BCUT2D eigenvalue weighted by molar-refractivity contribution is 7.90. The second-order valence-corrected chi connectivity index (χ2v) is 18.9. The number of nitrogens with zero attached hydrogens (tertiary/aromatic N) is 3. The van der Waals surface area contributed by atoms with Crippen LogP contribution in [-0.2, 0) is 10.0 Å². The molecule has 3 fully saturated rings. The summed E-state index contributed by atoms with van der Waals surface area (Å²) in [6.07, 6.45) is 15.2. The number of fused-ring (bicyclic) bond motifs is 1. The predicted octanol–water partition coefficient (Wildman–Crippen LogP) is 9.62. The molecule has 3 heterocycles. The van der Waals surface area contributed by atoms with Crippen molar-refractivity contribution < 1.29 is 32.7 Å². The van der Waals surface area contributed by atoms with Crippen LogP contribution in [0.25, 0.3) is 16.6 Å². The van der Waals surface area contributed by atoms with Gasteiger partial charge in [-0.05, 0) is 154 Å². The third-order valence-corrected chi connectivity index (χ3v) is 14.4. The number of benzene rings is 3. The number of likely N-dealkylation sites (tertiary alicyclic amines) is 1. The molecule has 318 valence electrons. The second kappa shape index (κ2) is 17.2. The maximum absolute atomic E-state index is 13.9. The number of nitrogens with one attached hydrogen (secondary N) is 2. The van der Waals surface area contributed by atoms with Crippen LogP contribution in [0.2, 0.25) is 5.02 Å². The summed E-state index contributed by atoms with van der Waals surface area (Å²) in [6.45, 7) is 1.24. The van der Waals surface area contributed by atoms with Crippen molar-refractivity contribution >= 4 is 49.8 Å². The molecule has 5 aromatic rings. The molecular formula is C46H48ClN5O8S. The van der Waals surface area contributed by atoms with Gasteiger partial charge in [-0.2, -0.15) is 0 Å². The highest BCUT2D eigenvalue weighted by atomic mass is 35.5. The minimum Gasteiger partial charge on any atom is -0.487 e. The largest absolute Gasteiger partial charge is 0.487 e. The molecule has 3 aromatic carbocycles. The number of nitro benzene ring substituents is 1. The van der Waals surface area contributed by atoms with Crippen molar-refractivity contribution in [3.8, 4) is 17.2 Å². The number of carbonyl (C=O) groups excluding carboxylic acids is 1. The molecule has 2 unspecified atom stereocenters. The Kier molecular flexibility index (Phi) is 11.6. The molecule has 0 bridgehead atoms. The van der Waals surface area contributed by atoms with Crippen molar-refractivity contribution in [2.24, 2.45) is 5.92 Å². The number of hydrogen-bond acceptors (Lipinski definition) is 10. The molecule has 3 aliphatic carbocycles. The first-order valence-corrected chi connectivity index (χ1v) is 23.0. The number of rotatable bonds is 13. The summed E-state index contributed by atoms with van der Waals surface area (Å²) in [5.74, 6) is 0.109. The lowest BCUT2D eigenvalue weighted by Gasteiger charge is -2.36. The molecule has 0 radical (unpaired) electrons. The van der Waals surface area contributed by atoms with Gasteiger partial charge in [0.15, 0.2) is 5.75 Å². The number of hydrogen-bond donors (Lipinski definition) is 3. The van der Waals surface area contributed by atoms with Gasteiger partial charge < -0.3 is 19.6 Å². The fraction of sp³-hybridized carbons (Fsp3) is 0.391. The minimum absolute atomic E-state index is 0.0456. The topological polar surface area (TPSA) is 177 Å². The van der Waals surface area contributed by atoms with E-state index in [1.807, 2.05) is 12.1 Å². The molecule has 1 amide bonds. The van der Waals surface area contributed by atoms with Gasteiger partial charge in [0.2, 0.25) is 0 Å². The van der Waals surface area contributed by atoms with E-state index in [0.29, 0.717) is 42.2 Å². The van der Waals surface area contributed by atoms with Crippen LogP contribution in [0.3, 0.4) is 0 Å². The molecule has 3 N–H and O–H groups in total. The maximum Gasteiger partial charge on any atom is 0.312 e. The average Bonchev–Trinajstić information content (AvgIpc) is 3.77. The number of carbonyl (C=O) groups is 1. The standard InChI is InChI=1S/C46H48ClN5O8S/c47-39-4-1-3-37(44(39)30-8-9-30)40-5-2-22-51(40)33-13-10-29(11-14-33)31-12-18-38(43(24-31)60-35-23-32-20-21-48-45(32)49-26-35)46(54)50-61(57,58)36-17-19-42(41(25-36)52(55)56)59-27-28-6-15-34(53)16-7-28/h1,3-4,10,12,17-21,23-26,28,30,33-34,40,53H,2,5-9,11,13-16,22,27H2,(H,48,49)(H,50,54). The number of aliphatic hydroxyl groups excluding tert-OH is 1. The monoisotopic (exact) mass is 865 g/mol. The Morgan fingerprint density at radius 3 is 2.61 bits per heavy atom. The van der Waals surface area contributed by atoms with Crippen LogP contribution >= 0.6 is 11.6 Å². The molecule has 4 aliphatic rings. The number of ether oxygens (including phenoxy) is 2. The van der Waals surface area contributed by atoms with E-state index in [0.717, 1.165) is 79.1 Å². The lowest BCUT2D eigenvalue weighted by Crippen LogP contribution is -2.36. The SMILES string of the molecule is O=C(NS(=O)(=O)c1ccc(OCC2CCC(O)CC2)c([N+](=O)[O-])c1)c1ccc(C2=CCC(N3CCCC3c3cccc(Cl)c3C3CC3)CC2)cc1Oc1cnc2[nH]ccc2c1. The Labute approximate surface area is 359 Å². The molecule has 2 atom stereocenters. The van der Waals surface area contributed by atoms with E-state index in [1.165, 1.54) is 42.3 Å². The number of halogens is 1. The van der Waals surface area contributed by atoms with Crippen molar-refractivity contribution in [1.82, 2.24) is 19.6 Å². The first-order chi connectivity index (χ1) is 29.5. The van der Waals surface area contributed by atoms with Gasteiger partial charge in [0.25, 0.3) is 15.9 Å². The molecular weight excluding hydrogens is 818 g/mol. The molecule has 61 heavy (non-hydrogen) atoms. The number of H-pyrrole nitrogens is 1. The number of aliphatic hydroxyl groups is 1. The van der Waals surface area contributed by atoms with Gasteiger partial charge in [-0.1, -0.05) is 35.9 Å². The molecule has 2 saturated carbocycles. The van der Waals surface area contributed by atoms with Crippen molar-refractivity contribution in [2.45, 2.75) is 99.6 Å². The number of pyridine rings is 1. The zero-order valence-corrected chi connectivity index (χ0v) is 35.2. The van der Waals surface area contributed by atoms with E-state index < -0.39 is 31.4 Å². The van der Waals surface area contributed by atoms with Gasteiger partial charge >= 0.3 is 5.69 Å². The van der Waals surface area contributed by atoms with E-state index in [-0.39, 0.29) is 35.7 Å². The first kappa shape index (κ1) is 41.1. The van der Waals surface area contributed by atoms with E-state index in [2.05, 4.69) is 37.8 Å². The van der Waals surface area contributed by atoms with E-state index in [9.17, 15) is 28.4 Å². The van der Waals surface area contributed by atoms with Crippen LogP contribution in [-0.4, -0.2) is 64.5 Å². The van der Waals surface area contributed by atoms with Crippen molar-refractivity contribution in [3.63, 3.8) is 0 Å². The molecule has 1 saturated heterocycles. The molecule has 15 heteroatoms. The van der Waals surface area contributed by atoms with Crippen LogP contribution in [0.5, 0.6) is 17.2 Å². The summed E-state index contributed by atoms with van der Waals surface area (Å²) in [4.78, 5) is 34.9. The lowest BCUT2D eigenvalue weighted by atomic mass is 9.88. The molecule has 13 nitrogen and oxygen atoms in total. The molecule has 0 spiro atoms. The molecule has 9 rings (SSSR count). The zero-order chi connectivity index (χ0) is 42.3. The fourth-order valence-corrected chi connectivity index (χ4v) is 10.7. The van der Waals surface area contributed by atoms with Gasteiger partial charge in [0.1, 0.15) is 17.1 Å². The number of nitro groups is 1. The Morgan fingerprint density at radius 1 is 1.00 bits per heavy atom. The average molecular weight is 866 g/mol. The van der Waals surface area contributed by atoms with Crippen LogP contribution in [0.4, 0.5) is 5.69 Å². The van der Waals surface area contributed by atoms with Crippen LogP contribution in [0.1, 0.15) is 110 Å². The van der Waals surface area contributed by atoms with Crippen LogP contribution < -0.4 is 14.2 Å². The number of sulfonamides is 1. The van der Waals surface area contributed by atoms with Gasteiger partial charge in [-0.15, -0.1) is 0 Å². The number of allylic oxidation sites excluding steroid dienone is 1. The summed E-state index contributed by atoms with van der Waals surface area (Å²) >= 11 is 6.76. The lowest BCUT2D eigenvalue weighted by molar-refractivity contribution is -0.386. The van der Waals surface area contributed by atoms with Crippen LogP contribution in [0, 0.1) is 16.0 Å². The van der Waals surface area contributed by atoms with Gasteiger partial charge in [-0.25, -0.2) is 18.1 Å². The maximum atomic E-state index is 13.9. The number of amides is 1. The number of aromatic nitrogens is 2. The number of aromatic amines is 1. The third kappa shape index (κ3) is 8.90. The van der Waals surface area contributed by atoms with Crippen molar-refractivity contribution in [2.75, 3.05) is 13.2 Å². The van der Waals surface area contributed by atoms with Crippen molar-refractivity contribution in [1.29, 1.82) is 0 Å². The fourth-order valence-electron chi connectivity index (χ4n) is 9.37. The van der Waals surface area contributed by atoms with Gasteiger partial charge in [0.05, 0.1) is 34.3 Å². The normalized spacial score (nSPS) is 22.2. The van der Waals surface area contributed by atoms with Crippen LogP contribution in [0.15, 0.2) is 90.1 Å². The zero-order valence-electron chi connectivity index (χ0n) is 33.6. The summed E-state index contributed by atoms with van der Waals surface area (Å²) < 4.78 is 41.5. The summed E-state index contributed by atoms with van der Waals surface area (Å²) in [7, 11) is -4.59. The smallest absolute Gasteiger partial charge is 0.312 e. The Bertz CT molecular complexity index is 2620. The second-order valence-electron chi connectivity index (χ2n) is 16.8. The summed E-state index contributed by atoms with van der Waals surface area (Å²) in [5, 5.41) is 23.5. The van der Waals surface area contributed by atoms with Crippen molar-refractivity contribution in [3.05, 3.63) is 123 Å². The summed E-state index contributed by atoms with van der Waals surface area (Å²) in [6, 6.07) is 19.1. The van der Waals surface area contributed by atoms with E-state index in [1.54, 1.807) is 30.5 Å². The Hall–Kier alpha value is -5.28. The predicted molar refractivity (Wildman–Crippen MR) is 232 cm³/mol. The highest BCUT2D eigenvalue weighted by Gasteiger charge is 2.37. The Balaban J connectivity index is 0.950. The third-order valence-electron chi connectivity index (χ3n) is 12.7. The Morgan fingerprint density at radius 2 is 1.84 bits per heavy atom. The molecule has 2 aromatic heterocycles. The minimum atomic E-state index is -4.59. The van der Waals surface area contributed by atoms with Gasteiger partial charge in [0, 0.05) is 34.8 Å². The quantitative estimate of drug-likeness (QED) is 0.0763. The van der Waals surface area contributed by atoms with E-state index in [4.69, 9.17) is 21.1 Å². The highest BCUT2D eigenvalue weighted by Crippen LogP contribution is 2.49.